The first-order valence-corrected chi connectivity index (χ1v) is 7.61. The van der Waals surface area contributed by atoms with Gasteiger partial charge in [-0.3, -0.25) is 0 Å². The maximum atomic E-state index is 8.50. The fourth-order valence-electron chi connectivity index (χ4n) is 2.16. The third kappa shape index (κ3) is 12.3. The van der Waals surface area contributed by atoms with Gasteiger partial charge in [0.2, 0.25) is 0 Å². The molecule has 0 aliphatic heterocycles. The smallest absolute Gasteiger partial charge is 0.0701 e. The third-order valence-corrected chi connectivity index (χ3v) is 3.28. The molecule has 0 radical (unpaired) electrons. The van der Waals surface area contributed by atoms with Crippen molar-refractivity contribution in [3.63, 3.8) is 0 Å². The number of hydrogen-bond acceptors (Lipinski definition) is 3. The van der Waals surface area contributed by atoms with Crippen LogP contribution in [0.5, 0.6) is 0 Å². The molecule has 0 bridgehead atoms. The third-order valence-electron chi connectivity index (χ3n) is 3.28. The van der Waals surface area contributed by atoms with Crippen molar-refractivity contribution in [3.05, 3.63) is 0 Å². The topological polar surface area (TPSA) is 38.7 Å². The average molecular weight is 260 g/mol. The van der Waals surface area contributed by atoms with Gasteiger partial charge >= 0.3 is 0 Å². The van der Waals surface area contributed by atoms with Crippen LogP contribution in [0.2, 0.25) is 0 Å². The highest BCUT2D eigenvalue weighted by atomic mass is 16.5. The number of aliphatic hydroxyl groups excluding tert-OH is 1. The lowest BCUT2D eigenvalue weighted by Gasteiger charge is -2.13. The van der Waals surface area contributed by atoms with E-state index in [0.29, 0.717) is 19.8 Å². The van der Waals surface area contributed by atoms with Crippen molar-refractivity contribution < 1.29 is 14.6 Å². The number of ether oxygens (including phenoxy) is 2. The molecule has 0 saturated carbocycles. The van der Waals surface area contributed by atoms with Gasteiger partial charge in [-0.05, 0) is 12.3 Å². The summed E-state index contributed by atoms with van der Waals surface area (Å²) in [7, 11) is 0. The van der Waals surface area contributed by atoms with E-state index in [1.807, 2.05) is 0 Å². The van der Waals surface area contributed by atoms with Crippen molar-refractivity contribution >= 4 is 0 Å². The first kappa shape index (κ1) is 17.9. The van der Waals surface area contributed by atoms with Gasteiger partial charge in [-0.2, -0.15) is 0 Å². The van der Waals surface area contributed by atoms with Crippen LogP contribution in [-0.4, -0.2) is 38.1 Å². The van der Waals surface area contributed by atoms with E-state index in [4.69, 9.17) is 14.6 Å². The minimum absolute atomic E-state index is 0.0936. The summed E-state index contributed by atoms with van der Waals surface area (Å²) in [6.07, 6.45) is 9.17. The Morgan fingerprint density at radius 1 is 0.833 bits per heavy atom. The van der Waals surface area contributed by atoms with Crippen molar-refractivity contribution in [1.82, 2.24) is 0 Å². The lowest BCUT2D eigenvalue weighted by atomic mass is 9.94. The number of hydrogen-bond donors (Lipinski definition) is 1. The first-order chi connectivity index (χ1) is 8.85. The standard InChI is InChI=1S/C15H32O3/c1-3-8-15(4-2)9-6-5-7-11-17-13-14-18-12-10-16/h15-16H,3-14H2,1-2H3. The lowest BCUT2D eigenvalue weighted by molar-refractivity contribution is 0.0320. The van der Waals surface area contributed by atoms with E-state index in [1.54, 1.807) is 0 Å². The highest BCUT2D eigenvalue weighted by Crippen LogP contribution is 2.18. The maximum absolute atomic E-state index is 8.50. The molecule has 1 atom stereocenters. The fourth-order valence-corrected chi connectivity index (χ4v) is 2.16. The number of rotatable bonds is 14. The summed E-state index contributed by atoms with van der Waals surface area (Å²) < 4.78 is 10.6. The van der Waals surface area contributed by atoms with Crippen LogP contribution in [0.1, 0.15) is 58.8 Å². The summed E-state index contributed by atoms with van der Waals surface area (Å²) in [5, 5.41) is 8.50. The highest BCUT2D eigenvalue weighted by molar-refractivity contribution is 4.56. The van der Waals surface area contributed by atoms with Crippen molar-refractivity contribution in [1.29, 1.82) is 0 Å². The zero-order chi connectivity index (χ0) is 13.5. The van der Waals surface area contributed by atoms with Gasteiger partial charge in [-0.1, -0.05) is 52.4 Å². The fraction of sp³-hybridized carbons (Fsp3) is 1.00. The highest BCUT2D eigenvalue weighted by Gasteiger charge is 2.03. The van der Waals surface area contributed by atoms with Gasteiger partial charge < -0.3 is 14.6 Å². The second-order valence-electron chi connectivity index (χ2n) is 4.86. The van der Waals surface area contributed by atoms with E-state index in [-0.39, 0.29) is 6.61 Å². The van der Waals surface area contributed by atoms with Gasteiger partial charge in [0.15, 0.2) is 0 Å². The molecule has 0 spiro atoms. The molecule has 0 saturated heterocycles. The van der Waals surface area contributed by atoms with Crippen LogP contribution in [0.25, 0.3) is 0 Å². The molecule has 0 aromatic heterocycles. The van der Waals surface area contributed by atoms with Gasteiger partial charge in [0.1, 0.15) is 0 Å². The molecule has 3 nitrogen and oxygen atoms in total. The molecule has 18 heavy (non-hydrogen) atoms. The summed E-state index contributed by atoms with van der Waals surface area (Å²) in [5.41, 5.74) is 0. The molecular weight excluding hydrogens is 228 g/mol. The summed E-state index contributed by atoms with van der Waals surface area (Å²) in [5.74, 6) is 0.933. The largest absolute Gasteiger partial charge is 0.394 e. The van der Waals surface area contributed by atoms with Crippen LogP contribution in [0.3, 0.4) is 0 Å². The molecule has 0 aliphatic rings. The molecule has 0 fully saturated rings. The molecule has 1 unspecified atom stereocenters. The van der Waals surface area contributed by atoms with Crippen molar-refractivity contribution in [2.45, 2.75) is 58.8 Å². The summed E-state index contributed by atoms with van der Waals surface area (Å²) in [4.78, 5) is 0. The van der Waals surface area contributed by atoms with E-state index < -0.39 is 0 Å². The predicted octanol–water partition coefficient (Wildman–Crippen LogP) is 3.40. The molecule has 0 aromatic carbocycles. The Kier molecular flexibility index (Phi) is 14.8. The molecule has 3 heteroatoms. The average Bonchev–Trinajstić information content (AvgIpc) is 2.39. The Morgan fingerprint density at radius 3 is 2.17 bits per heavy atom. The van der Waals surface area contributed by atoms with E-state index in [0.717, 1.165) is 18.9 Å². The zero-order valence-corrected chi connectivity index (χ0v) is 12.3. The Hall–Kier alpha value is -0.120. The van der Waals surface area contributed by atoms with E-state index in [2.05, 4.69) is 13.8 Å². The quantitative estimate of drug-likeness (QED) is 0.486. The maximum Gasteiger partial charge on any atom is 0.0701 e. The van der Waals surface area contributed by atoms with Gasteiger partial charge in [0, 0.05) is 6.61 Å². The molecule has 0 aromatic rings. The Labute approximate surface area is 113 Å². The minimum Gasteiger partial charge on any atom is -0.394 e. The summed E-state index contributed by atoms with van der Waals surface area (Å²) in [6, 6.07) is 0. The second kappa shape index (κ2) is 14.9. The monoisotopic (exact) mass is 260 g/mol. The van der Waals surface area contributed by atoms with Gasteiger partial charge in [-0.25, -0.2) is 0 Å². The molecular formula is C15H32O3. The van der Waals surface area contributed by atoms with E-state index in [1.165, 1.54) is 38.5 Å². The summed E-state index contributed by atoms with van der Waals surface area (Å²) in [6.45, 7) is 7.16. The molecule has 110 valence electrons. The zero-order valence-electron chi connectivity index (χ0n) is 12.3. The van der Waals surface area contributed by atoms with E-state index >= 15 is 0 Å². The molecule has 1 N–H and O–H groups in total. The number of unbranched alkanes of at least 4 members (excludes halogenated alkanes) is 2. The second-order valence-corrected chi connectivity index (χ2v) is 4.86. The van der Waals surface area contributed by atoms with Gasteiger partial charge in [0.25, 0.3) is 0 Å². The minimum atomic E-state index is 0.0936. The van der Waals surface area contributed by atoms with Crippen LogP contribution >= 0.6 is 0 Å². The van der Waals surface area contributed by atoms with Crippen LogP contribution in [-0.2, 0) is 9.47 Å². The van der Waals surface area contributed by atoms with Crippen LogP contribution in [0.15, 0.2) is 0 Å². The molecule has 0 amide bonds. The van der Waals surface area contributed by atoms with Crippen LogP contribution in [0, 0.1) is 5.92 Å². The normalized spacial score (nSPS) is 12.8. The Balaban J connectivity index is 3.10. The molecule has 0 heterocycles. The van der Waals surface area contributed by atoms with Crippen molar-refractivity contribution in [2.75, 3.05) is 33.0 Å². The van der Waals surface area contributed by atoms with Crippen LogP contribution in [0.4, 0.5) is 0 Å². The number of aliphatic hydroxyl groups is 1. The Morgan fingerprint density at radius 2 is 1.56 bits per heavy atom. The van der Waals surface area contributed by atoms with Gasteiger partial charge in [-0.15, -0.1) is 0 Å². The van der Waals surface area contributed by atoms with E-state index in [9.17, 15) is 0 Å². The van der Waals surface area contributed by atoms with Crippen LogP contribution < -0.4 is 0 Å². The van der Waals surface area contributed by atoms with Crippen molar-refractivity contribution in [3.8, 4) is 0 Å². The van der Waals surface area contributed by atoms with Gasteiger partial charge in [0.05, 0.1) is 26.4 Å². The predicted molar refractivity (Wildman–Crippen MR) is 75.9 cm³/mol. The molecule has 0 rings (SSSR count). The van der Waals surface area contributed by atoms with Crippen molar-refractivity contribution in [2.24, 2.45) is 5.92 Å². The first-order valence-electron chi connectivity index (χ1n) is 7.61. The SMILES string of the molecule is CCCC(CC)CCCCCOCCOCCO. The summed E-state index contributed by atoms with van der Waals surface area (Å²) >= 11 is 0. The lowest BCUT2D eigenvalue weighted by Crippen LogP contribution is -2.08. The Bertz CT molecular complexity index is 151. The molecule has 0 aliphatic carbocycles.